The third-order valence-corrected chi connectivity index (χ3v) is 4.59. The summed E-state index contributed by atoms with van der Waals surface area (Å²) in [5.74, 6) is -1.63. The number of hydrogen-bond acceptors (Lipinski definition) is 2. The van der Waals surface area contributed by atoms with Crippen molar-refractivity contribution in [1.29, 1.82) is 0 Å². The van der Waals surface area contributed by atoms with Gasteiger partial charge >= 0.3 is 0 Å². The molecular weight excluding hydrogens is 274 g/mol. The minimum Gasteiger partial charge on any atom is -0.273 e. The van der Waals surface area contributed by atoms with Gasteiger partial charge in [0.15, 0.2) is 11.6 Å². The van der Waals surface area contributed by atoms with Crippen LogP contribution in [0.15, 0.2) is 18.2 Å². The molecule has 3 rings (SSSR count). The SMILES string of the molecule is CC1(C)CCCN2CCC(c3ccc(F)c(F)c3)N2C1=O. The highest BCUT2D eigenvalue weighted by Crippen LogP contribution is 2.40. The second kappa shape index (κ2) is 5.05. The van der Waals surface area contributed by atoms with Crippen LogP contribution in [0, 0.1) is 17.0 Å². The van der Waals surface area contributed by atoms with Crippen molar-refractivity contribution in [2.45, 2.75) is 39.2 Å². The van der Waals surface area contributed by atoms with Crippen molar-refractivity contribution in [2.75, 3.05) is 13.1 Å². The van der Waals surface area contributed by atoms with Gasteiger partial charge in [-0.25, -0.2) is 13.8 Å². The number of carbonyl (C=O) groups excluding carboxylic acids is 1. The Balaban J connectivity index is 1.96. The Morgan fingerprint density at radius 2 is 1.95 bits per heavy atom. The zero-order valence-corrected chi connectivity index (χ0v) is 12.4. The summed E-state index contributed by atoms with van der Waals surface area (Å²) in [7, 11) is 0. The Bertz CT molecular complexity index is 573. The normalized spacial score (nSPS) is 25.8. The van der Waals surface area contributed by atoms with E-state index in [9.17, 15) is 13.6 Å². The topological polar surface area (TPSA) is 23.6 Å². The molecule has 2 fully saturated rings. The first-order chi connectivity index (χ1) is 9.90. The van der Waals surface area contributed by atoms with Crippen molar-refractivity contribution >= 4 is 5.91 Å². The van der Waals surface area contributed by atoms with E-state index in [1.807, 2.05) is 13.8 Å². The van der Waals surface area contributed by atoms with Crippen molar-refractivity contribution in [1.82, 2.24) is 10.0 Å². The summed E-state index contributed by atoms with van der Waals surface area (Å²) in [6.45, 7) is 5.54. The lowest BCUT2D eigenvalue weighted by molar-refractivity contribution is -0.154. The predicted octanol–water partition coefficient (Wildman–Crippen LogP) is 3.28. The average Bonchev–Trinajstić information content (AvgIpc) is 2.80. The van der Waals surface area contributed by atoms with Gasteiger partial charge in [0.2, 0.25) is 5.91 Å². The summed E-state index contributed by atoms with van der Waals surface area (Å²) in [5, 5.41) is 3.84. The molecule has 0 spiro atoms. The number of carbonyl (C=O) groups is 1. The maximum atomic E-state index is 13.5. The summed E-state index contributed by atoms with van der Waals surface area (Å²) in [6.07, 6.45) is 2.58. The van der Waals surface area contributed by atoms with Gasteiger partial charge < -0.3 is 0 Å². The van der Waals surface area contributed by atoms with Gasteiger partial charge in [-0.3, -0.25) is 9.80 Å². The van der Waals surface area contributed by atoms with Gasteiger partial charge in [-0.1, -0.05) is 19.9 Å². The molecule has 1 atom stereocenters. The van der Waals surface area contributed by atoms with E-state index in [4.69, 9.17) is 0 Å². The van der Waals surface area contributed by atoms with Crippen LogP contribution in [0.5, 0.6) is 0 Å². The van der Waals surface area contributed by atoms with Crippen molar-refractivity contribution < 1.29 is 13.6 Å². The zero-order chi connectivity index (χ0) is 15.2. The lowest BCUT2D eigenvalue weighted by atomic mass is 9.86. The van der Waals surface area contributed by atoms with E-state index in [-0.39, 0.29) is 11.9 Å². The lowest BCUT2D eigenvalue weighted by Crippen LogP contribution is -2.45. The first-order valence-corrected chi connectivity index (χ1v) is 7.43. The van der Waals surface area contributed by atoms with Crippen LogP contribution in [0.3, 0.4) is 0 Å². The van der Waals surface area contributed by atoms with Crippen molar-refractivity contribution in [3.8, 4) is 0 Å². The van der Waals surface area contributed by atoms with E-state index in [1.54, 1.807) is 11.1 Å². The van der Waals surface area contributed by atoms with E-state index < -0.39 is 17.0 Å². The molecule has 5 heteroatoms. The fraction of sp³-hybridized carbons (Fsp3) is 0.562. The second-order valence-electron chi connectivity index (χ2n) is 6.57. The van der Waals surface area contributed by atoms with E-state index >= 15 is 0 Å². The lowest BCUT2D eigenvalue weighted by Gasteiger charge is -2.34. The Labute approximate surface area is 123 Å². The number of fused-ring (bicyclic) bond motifs is 1. The molecule has 3 nitrogen and oxygen atoms in total. The summed E-state index contributed by atoms with van der Waals surface area (Å²) >= 11 is 0. The van der Waals surface area contributed by atoms with Crippen molar-refractivity contribution in [2.24, 2.45) is 5.41 Å². The van der Waals surface area contributed by atoms with Crippen LogP contribution in [-0.2, 0) is 4.79 Å². The Morgan fingerprint density at radius 1 is 1.19 bits per heavy atom. The Kier molecular flexibility index (Phi) is 3.48. The average molecular weight is 294 g/mol. The van der Waals surface area contributed by atoms with Crippen LogP contribution in [0.1, 0.15) is 44.7 Å². The van der Waals surface area contributed by atoms with E-state index in [2.05, 4.69) is 5.01 Å². The Hall–Kier alpha value is -1.49. The minimum absolute atomic E-state index is 0.0761. The number of rotatable bonds is 1. The largest absolute Gasteiger partial charge is 0.273 e. The molecule has 2 aliphatic heterocycles. The Morgan fingerprint density at radius 3 is 2.67 bits per heavy atom. The maximum absolute atomic E-state index is 13.5. The third-order valence-electron chi connectivity index (χ3n) is 4.59. The highest BCUT2D eigenvalue weighted by molar-refractivity contribution is 5.82. The molecule has 0 bridgehead atoms. The molecule has 1 aromatic rings. The molecule has 0 radical (unpaired) electrons. The van der Waals surface area contributed by atoms with Crippen molar-refractivity contribution in [3.05, 3.63) is 35.4 Å². The van der Waals surface area contributed by atoms with Gasteiger partial charge in [0.25, 0.3) is 0 Å². The summed E-state index contributed by atoms with van der Waals surface area (Å²) in [4.78, 5) is 12.8. The standard InChI is InChI=1S/C16H20F2N2O/c1-16(2)7-3-8-19-9-6-14(20(19)15(16)21)11-4-5-12(17)13(18)10-11/h4-5,10,14H,3,6-9H2,1-2H3. The molecule has 0 aliphatic carbocycles. The van der Waals surface area contributed by atoms with Gasteiger partial charge in [0.1, 0.15) is 0 Å². The highest BCUT2D eigenvalue weighted by atomic mass is 19.2. The van der Waals surface area contributed by atoms with Crippen LogP contribution >= 0.6 is 0 Å². The quantitative estimate of drug-likeness (QED) is 0.793. The van der Waals surface area contributed by atoms with Gasteiger partial charge in [0.05, 0.1) is 6.04 Å². The number of hydrazine groups is 1. The molecule has 2 heterocycles. The molecule has 0 saturated carbocycles. The summed E-state index contributed by atoms with van der Waals surface area (Å²) in [5.41, 5.74) is 0.262. The van der Waals surface area contributed by atoms with Crippen LogP contribution in [0.4, 0.5) is 8.78 Å². The van der Waals surface area contributed by atoms with Crippen LogP contribution < -0.4 is 0 Å². The molecule has 21 heavy (non-hydrogen) atoms. The molecular formula is C16H20F2N2O. The molecule has 0 N–H and O–H groups in total. The molecule has 1 amide bonds. The monoisotopic (exact) mass is 294 g/mol. The fourth-order valence-electron chi connectivity index (χ4n) is 3.34. The number of nitrogens with zero attached hydrogens (tertiary/aromatic N) is 2. The van der Waals surface area contributed by atoms with Gasteiger partial charge in [-0.2, -0.15) is 0 Å². The van der Waals surface area contributed by atoms with E-state index in [0.717, 1.165) is 38.4 Å². The van der Waals surface area contributed by atoms with Gasteiger partial charge in [0, 0.05) is 18.5 Å². The van der Waals surface area contributed by atoms with Crippen molar-refractivity contribution in [3.63, 3.8) is 0 Å². The van der Waals surface area contributed by atoms with Crippen LogP contribution in [-0.4, -0.2) is 29.0 Å². The van der Waals surface area contributed by atoms with Gasteiger partial charge in [-0.05, 0) is 37.0 Å². The zero-order valence-electron chi connectivity index (χ0n) is 12.4. The maximum Gasteiger partial charge on any atom is 0.243 e. The van der Waals surface area contributed by atoms with Gasteiger partial charge in [-0.15, -0.1) is 0 Å². The van der Waals surface area contributed by atoms with Crippen LogP contribution in [0.2, 0.25) is 0 Å². The molecule has 114 valence electrons. The first-order valence-electron chi connectivity index (χ1n) is 7.43. The molecule has 0 aromatic heterocycles. The number of hydrogen-bond donors (Lipinski definition) is 0. The number of benzene rings is 1. The number of halogens is 2. The summed E-state index contributed by atoms with van der Waals surface area (Å²) in [6, 6.07) is 3.75. The molecule has 1 aromatic carbocycles. The smallest absolute Gasteiger partial charge is 0.243 e. The number of amides is 1. The van der Waals surface area contributed by atoms with Crippen LogP contribution in [0.25, 0.3) is 0 Å². The minimum atomic E-state index is -0.854. The first kappa shape index (κ1) is 14.4. The molecule has 1 unspecified atom stereocenters. The van der Waals surface area contributed by atoms with E-state index in [1.165, 1.54) is 6.07 Å². The summed E-state index contributed by atoms with van der Waals surface area (Å²) < 4.78 is 26.6. The third kappa shape index (κ3) is 2.44. The highest BCUT2D eigenvalue weighted by Gasteiger charge is 2.44. The molecule has 2 saturated heterocycles. The molecule has 2 aliphatic rings. The van der Waals surface area contributed by atoms with E-state index in [0.29, 0.717) is 5.56 Å². The fourth-order valence-corrected chi connectivity index (χ4v) is 3.34. The predicted molar refractivity (Wildman–Crippen MR) is 75.2 cm³/mol. The second-order valence-corrected chi connectivity index (χ2v) is 6.57.